The fraction of sp³-hybridized carbons (Fsp3) is 0.0667. The van der Waals surface area contributed by atoms with Crippen LogP contribution in [0.5, 0.6) is 0 Å². The number of nitrogens with zero attached hydrogens (tertiary/aromatic N) is 1. The largest absolute Gasteiger partial charge is 0.399 e. The van der Waals surface area contributed by atoms with Crippen LogP contribution >= 0.6 is 0 Å². The molecule has 6 nitrogen and oxygen atoms in total. The Kier molecular flexibility index (Phi) is 3.19. The fourth-order valence-electron chi connectivity index (χ4n) is 2.09. The predicted octanol–water partition coefficient (Wildman–Crippen LogP) is 1.67. The fourth-order valence-corrected chi connectivity index (χ4v) is 2.09. The van der Waals surface area contributed by atoms with Crippen LogP contribution in [0, 0.1) is 0 Å². The summed E-state index contributed by atoms with van der Waals surface area (Å²) < 4.78 is 0.974. The van der Waals surface area contributed by atoms with Gasteiger partial charge in [-0.05, 0) is 29.8 Å². The number of nitrogens with one attached hydrogen (secondary N) is 2. The minimum atomic E-state index is -0.493. The van der Waals surface area contributed by atoms with E-state index in [1.807, 2.05) is 12.1 Å². The van der Waals surface area contributed by atoms with Crippen molar-refractivity contribution in [3.05, 3.63) is 64.4 Å². The van der Waals surface area contributed by atoms with Crippen LogP contribution in [0.4, 0.5) is 10.5 Å². The average Bonchev–Trinajstić information content (AvgIpc) is 2.84. The van der Waals surface area contributed by atoms with Crippen LogP contribution in [-0.4, -0.2) is 15.8 Å². The number of H-pyrrole nitrogens is 1. The molecule has 0 saturated carbocycles. The number of hydrogen-bond donors (Lipinski definition) is 3. The third kappa shape index (κ3) is 2.51. The molecule has 0 aliphatic rings. The van der Waals surface area contributed by atoms with Crippen LogP contribution < -0.4 is 16.6 Å². The first-order chi connectivity index (χ1) is 10.1. The zero-order chi connectivity index (χ0) is 14.8. The molecule has 0 aliphatic carbocycles. The van der Waals surface area contributed by atoms with E-state index in [4.69, 9.17) is 5.73 Å². The third-order valence-electron chi connectivity index (χ3n) is 3.22. The van der Waals surface area contributed by atoms with Crippen LogP contribution in [-0.2, 0) is 6.54 Å². The van der Waals surface area contributed by atoms with E-state index in [9.17, 15) is 9.59 Å². The Hall–Kier alpha value is -3.02. The molecule has 0 saturated heterocycles. The van der Waals surface area contributed by atoms with Gasteiger partial charge in [-0.1, -0.05) is 24.3 Å². The maximum absolute atomic E-state index is 12.1. The number of fused-ring (bicyclic) bond motifs is 1. The second kappa shape index (κ2) is 5.16. The van der Waals surface area contributed by atoms with Crippen molar-refractivity contribution >= 4 is 22.6 Å². The molecule has 0 spiro atoms. The number of carbonyl (C=O) groups is 1. The molecule has 0 unspecified atom stereocenters. The Balaban J connectivity index is 1.79. The number of aromatic amines is 1. The van der Waals surface area contributed by atoms with Crippen LogP contribution in [0.3, 0.4) is 0 Å². The molecule has 2 aromatic carbocycles. The topological polar surface area (TPSA) is 92.9 Å². The standard InChI is InChI=1S/C15H14N4O2/c16-11-7-5-10(6-8-11)9-17-15(21)19-14(20)12-3-1-2-4-13(12)18-19/h1-8,18H,9,16H2,(H,17,21). The quantitative estimate of drug-likeness (QED) is 0.624. The molecule has 106 valence electrons. The van der Waals surface area contributed by atoms with Crippen molar-refractivity contribution in [1.29, 1.82) is 0 Å². The number of para-hydroxylation sites is 1. The summed E-state index contributed by atoms with van der Waals surface area (Å²) in [7, 11) is 0. The maximum atomic E-state index is 12.1. The summed E-state index contributed by atoms with van der Waals surface area (Å²) in [5.41, 5.74) is 7.44. The Bertz CT molecular complexity index is 846. The summed E-state index contributed by atoms with van der Waals surface area (Å²) in [6, 6.07) is 13.7. The van der Waals surface area contributed by atoms with Gasteiger partial charge in [0.2, 0.25) is 0 Å². The minimum Gasteiger partial charge on any atom is -0.399 e. The molecular formula is C15H14N4O2. The lowest BCUT2D eigenvalue weighted by Crippen LogP contribution is -2.35. The molecule has 0 radical (unpaired) electrons. The molecule has 1 aromatic heterocycles. The van der Waals surface area contributed by atoms with E-state index in [2.05, 4.69) is 10.4 Å². The minimum absolute atomic E-state index is 0.320. The predicted molar refractivity (Wildman–Crippen MR) is 81.0 cm³/mol. The summed E-state index contributed by atoms with van der Waals surface area (Å²) in [5, 5.41) is 5.96. The number of rotatable bonds is 2. The zero-order valence-corrected chi connectivity index (χ0v) is 11.2. The van der Waals surface area contributed by atoms with Crippen molar-refractivity contribution < 1.29 is 4.79 Å². The van der Waals surface area contributed by atoms with E-state index >= 15 is 0 Å². The van der Waals surface area contributed by atoms with Crippen molar-refractivity contribution in [2.24, 2.45) is 0 Å². The number of aromatic nitrogens is 2. The third-order valence-corrected chi connectivity index (χ3v) is 3.22. The van der Waals surface area contributed by atoms with E-state index in [0.29, 0.717) is 23.1 Å². The van der Waals surface area contributed by atoms with E-state index in [1.165, 1.54) is 0 Å². The molecule has 0 bridgehead atoms. The maximum Gasteiger partial charge on any atom is 0.343 e. The average molecular weight is 282 g/mol. The Labute approximate surface area is 120 Å². The lowest BCUT2D eigenvalue weighted by Gasteiger charge is -2.05. The summed E-state index contributed by atoms with van der Waals surface area (Å²) >= 11 is 0. The van der Waals surface area contributed by atoms with Gasteiger partial charge in [0.15, 0.2) is 0 Å². The number of hydrogen-bond acceptors (Lipinski definition) is 3. The van der Waals surface area contributed by atoms with Crippen molar-refractivity contribution in [1.82, 2.24) is 15.1 Å². The van der Waals surface area contributed by atoms with Gasteiger partial charge in [-0.2, -0.15) is 4.68 Å². The zero-order valence-electron chi connectivity index (χ0n) is 11.2. The SMILES string of the molecule is Nc1ccc(CNC(=O)n2[nH]c3ccccc3c2=O)cc1. The van der Waals surface area contributed by atoms with Crippen LogP contribution in [0.25, 0.3) is 10.9 Å². The summed E-state index contributed by atoms with van der Waals surface area (Å²) in [4.78, 5) is 24.2. The van der Waals surface area contributed by atoms with Gasteiger partial charge in [-0.15, -0.1) is 0 Å². The number of nitrogen functional groups attached to an aromatic ring is 1. The molecule has 21 heavy (non-hydrogen) atoms. The monoisotopic (exact) mass is 282 g/mol. The number of anilines is 1. The van der Waals surface area contributed by atoms with E-state index in [0.717, 1.165) is 10.2 Å². The molecule has 4 N–H and O–H groups in total. The smallest absolute Gasteiger partial charge is 0.343 e. The summed E-state index contributed by atoms with van der Waals surface area (Å²) in [6.07, 6.45) is 0. The van der Waals surface area contributed by atoms with Crippen molar-refractivity contribution in [2.75, 3.05) is 5.73 Å². The van der Waals surface area contributed by atoms with Gasteiger partial charge in [-0.3, -0.25) is 9.89 Å². The van der Waals surface area contributed by atoms with E-state index < -0.39 is 6.03 Å². The first kappa shape index (κ1) is 13.0. The van der Waals surface area contributed by atoms with E-state index in [-0.39, 0.29) is 5.56 Å². The molecule has 3 rings (SSSR count). The summed E-state index contributed by atoms with van der Waals surface area (Å²) in [5.74, 6) is 0. The highest BCUT2D eigenvalue weighted by Crippen LogP contribution is 2.06. The first-order valence-corrected chi connectivity index (χ1v) is 6.47. The van der Waals surface area contributed by atoms with Gasteiger partial charge in [0.1, 0.15) is 0 Å². The van der Waals surface area contributed by atoms with Gasteiger partial charge in [0.05, 0.1) is 10.9 Å². The normalized spacial score (nSPS) is 10.7. The molecule has 6 heteroatoms. The van der Waals surface area contributed by atoms with Crippen molar-refractivity contribution in [3.8, 4) is 0 Å². The number of amides is 1. The second-order valence-electron chi connectivity index (χ2n) is 4.70. The Morgan fingerprint density at radius 1 is 1.14 bits per heavy atom. The second-order valence-corrected chi connectivity index (χ2v) is 4.70. The molecule has 0 fully saturated rings. The molecule has 0 atom stereocenters. The van der Waals surface area contributed by atoms with Gasteiger partial charge < -0.3 is 11.1 Å². The lowest BCUT2D eigenvalue weighted by molar-refractivity contribution is 0.238. The van der Waals surface area contributed by atoms with Gasteiger partial charge in [0.25, 0.3) is 5.56 Å². The van der Waals surface area contributed by atoms with Crippen molar-refractivity contribution in [2.45, 2.75) is 6.54 Å². The number of carbonyl (C=O) groups excluding carboxylic acids is 1. The van der Waals surface area contributed by atoms with Gasteiger partial charge >= 0.3 is 6.03 Å². The Morgan fingerprint density at radius 3 is 2.57 bits per heavy atom. The van der Waals surface area contributed by atoms with Crippen LogP contribution in [0.2, 0.25) is 0 Å². The number of nitrogens with two attached hydrogens (primary N) is 1. The molecular weight excluding hydrogens is 268 g/mol. The van der Waals surface area contributed by atoms with Crippen LogP contribution in [0.15, 0.2) is 53.3 Å². The van der Waals surface area contributed by atoms with Gasteiger partial charge in [-0.25, -0.2) is 4.79 Å². The van der Waals surface area contributed by atoms with Gasteiger partial charge in [0, 0.05) is 12.2 Å². The number of benzene rings is 2. The summed E-state index contributed by atoms with van der Waals surface area (Å²) in [6.45, 7) is 0.320. The van der Waals surface area contributed by atoms with E-state index in [1.54, 1.807) is 36.4 Å². The van der Waals surface area contributed by atoms with Crippen molar-refractivity contribution in [3.63, 3.8) is 0 Å². The molecule has 1 amide bonds. The van der Waals surface area contributed by atoms with Crippen LogP contribution in [0.1, 0.15) is 5.56 Å². The lowest BCUT2D eigenvalue weighted by atomic mass is 10.2. The first-order valence-electron chi connectivity index (χ1n) is 6.47. The molecule has 3 aromatic rings. The molecule has 0 aliphatic heterocycles. The highest BCUT2D eigenvalue weighted by Gasteiger charge is 2.11. The highest BCUT2D eigenvalue weighted by molar-refractivity contribution is 5.84. The Morgan fingerprint density at radius 2 is 1.86 bits per heavy atom. The molecule has 1 heterocycles. The highest BCUT2D eigenvalue weighted by atomic mass is 16.2.